The van der Waals surface area contributed by atoms with Gasteiger partial charge in [0.15, 0.2) is 0 Å². The lowest BCUT2D eigenvalue weighted by atomic mass is 10.1. The maximum atomic E-state index is 13.7. The molecule has 0 aliphatic carbocycles. The van der Waals surface area contributed by atoms with Gasteiger partial charge in [0.25, 0.3) is 5.92 Å². The van der Waals surface area contributed by atoms with E-state index in [1.165, 1.54) is 0 Å². The van der Waals surface area contributed by atoms with Crippen LogP contribution in [-0.2, 0) is 6.61 Å². The molecule has 3 heterocycles. The minimum atomic E-state index is -2.82. The van der Waals surface area contributed by atoms with Crippen LogP contribution in [0.25, 0.3) is 11.8 Å². The Bertz CT molecular complexity index is 892. The van der Waals surface area contributed by atoms with Crippen molar-refractivity contribution < 1.29 is 13.5 Å². The van der Waals surface area contributed by atoms with Crippen molar-refractivity contribution in [3.8, 4) is 5.75 Å². The number of hydrazine groups is 1. The number of hydrogen-bond acceptors (Lipinski definition) is 5. The van der Waals surface area contributed by atoms with Gasteiger partial charge >= 0.3 is 0 Å². The van der Waals surface area contributed by atoms with Crippen molar-refractivity contribution in [2.75, 3.05) is 20.1 Å². The van der Waals surface area contributed by atoms with Crippen molar-refractivity contribution in [3.05, 3.63) is 65.8 Å². The van der Waals surface area contributed by atoms with E-state index in [-0.39, 0.29) is 6.61 Å². The third-order valence-electron chi connectivity index (χ3n) is 4.40. The maximum Gasteiger partial charge on any atom is 0.264 e. The van der Waals surface area contributed by atoms with Gasteiger partial charge in [-0.1, -0.05) is 12.6 Å². The van der Waals surface area contributed by atoms with Crippen LogP contribution in [-0.4, -0.2) is 46.0 Å². The molecule has 0 spiro atoms. The average molecular weight is 386 g/mol. The number of nitrogens with zero attached hydrogens (tertiary/aromatic N) is 4. The smallest absolute Gasteiger partial charge is 0.264 e. The summed E-state index contributed by atoms with van der Waals surface area (Å²) in [5.41, 5.74) is 3.65. The molecule has 0 amide bonds. The zero-order chi connectivity index (χ0) is 20.3. The van der Waals surface area contributed by atoms with Gasteiger partial charge < -0.3 is 4.74 Å². The number of hydrogen-bond donors (Lipinski definition) is 0. The molecule has 2 aromatic rings. The summed E-state index contributed by atoms with van der Waals surface area (Å²) < 4.78 is 33.3. The monoisotopic (exact) mass is 386 g/mol. The first-order valence-corrected chi connectivity index (χ1v) is 9.02. The largest absolute Gasteiger partial charge is 0.487 e. The topological polar surface area (TPSA) is 41.5 Å². The van der Waals surface area contributed by atoms with Gasteiger partial charge in [0.2, 0.25) is 0 Å². The SMILES string of the molecule is C=Cc1nc(C)ccc1OCc1cccnc1C1=CCN(C)N1CC(C)(F)F. The molecule has 0 fully saturated rings. The van der Waals surface area contributed by atoms with Crippen molar-refractivity contribution in [2.45, 2.75) is 26.4 Å². The molecule has 0 N–H and O–H groups in total. The summed E-state index contributed by atoms with van der Waals surface area (Å²) in [5.74, 6) is -2.21. The molecule has 0 radical (unpaired) electrons. The van der Waals surface area contributed by atoms with E-state index in [1.54, 1.807) is 29.3 Å². The number of halogens is 2. The fourth-order valence-electron chi connectivity index (χ4n) is 3.07. The maximum absolute atomic E-state index is 13.7. The summed E-state index contributed by atoms with van der Waals surface area (Å²) in [6, 6.07) is 7.41. The molecule has 0 saturated carbocycles. The van der Waals surface area contributed by atoms with Gasteiger partial charge in [0.1, 0.15) is 18.1 Å². The van der Waals surface area contributed by atoms with Crippen LogP contribution in [0.5, 0.6) is 5.75 Å². The predicted molar refractivity (Wildman–Crippen MR) is 106 cm³/mol. The quantitative estimate of drug-likeness (QED) is 0.715. The van der Waals surface area contributed by atoms with Crippen LogP contribution in [0.1, 0.15) is 29.6 Å². The van der Waals surface area contributed by atoms with Gasteiger partial charge in [0, 0.05) is 38.0 Å². The molecule has 2 aromatic heterocycles. The highest BCUT2D eigenvalue weighted by Gasteiger charge is 2.32. The molecule has 3 rings (SSSR count). The molecule has 0 aromatic carbocycles. The number of likely N-dealkylation sites (N-methyl/N-ethyl adjacent to an activating group) is 1. The van der Waals surface area contributed by atoms with Crippen LogP contribution in [0.2, 0.25) is 0 Å². The Morgan fingerprint density at radius 2 is 2.11 bits per heavy atom. The van der Waals surface area contributed by atoms with Crippen LogP contribution in [0.15, 0.2) is 43.1 Å². The molecule has 0 saturated heterocycles. The minimum Gasteiger partial charge on any atom is -0.487 e. The number of aromatic nitrogens is 2. The summed E-state index contributed by atoms with van der Waals surface area (Å²) >= 11 is 0. The van der Waals surface area contributed by atoms with Crippen molar-refractivity contribution in [3.63, 3.8) is 0 Å². The highest BCUT2D eigenvalue weighted by molar-refractivity contribution is 5.65. The Hall–Kier alpha value is -2.80. The molecular weight excluding hydrogens is 362 g/mol. The second-order valence-electron chi connectivity index (χ2n) is 6.90. The number of pyridine rings is 2. The molecule has 0 atom stereocenters. The normalized spacial score (nSPS) is 14.9. The van der Waals surface area contributed by atoms with E-state index < -0.39 is 12.5 Å². The molecule has 1 aliphatic heterocycles. The Morgan fingerprint density at radius 3 is 2.82 bits per heavy atom. The van der Waals surface area contributed by atoms with Gasteiger partial charge in [-0.3, -0.25) is 9.99 Å². The van der Waals surface area contributed by atoms with Gasteiger partial charge in [0.05, 0.1) is 17.9 Å². The van der Waals surface area contributed by atoms with E-state index in [0.29, 0.717) is 29.4 Å². The van der Waals surface area contributed by atoms with E-state index in [4.69, 9.17) is 4.74 Å². The third kappa shape index (κ3) is 4.54. The summed E-state index contributed by atoms with van der Waals surface area (Å²) in [6.45, 7) is 6.97. The van der Waals surface area contributed by atoms with Gasteiger partial charge in [-0.25, -0.2) is 18.8 Å². The van der Waals surface area contributed by atoms with Crippen molar-refractivity contribution in [1.29, 1.82) is 0 Å². The molecular formula is C21H24F2N4O. The molecule has 0 bridgehead atoms. The molecule has 0 unspecified atom stereocenters. The van der Waals surface area contributed by atoms with Crippen LogP contribution >= 0.6 is 0 Å². The lowest BCUT2D eigenvalue weighted by Gasteiger charge is -2.32. The second-order valence-corrected chi connectivity index (χ2v) is 6.90. The number of ether oxygens (including phenoxy) is 1. The predicted octanol–water partition coefficient (Wildman–Crippen LogP) is 4.17. The Labute approximate surface area is 163 Å². The first-order chi connectivity index (χ1) is 13.3. The Morgan fingerprint density at radius 1 is 1.32 bits per heavy atom. The molecule has 1 aliphatic rings. The van der Waals surface area contributed by atoms with E-state index >= 15 is 0 Å². The van der Waals surface area contributed by atoms with Crippen LogP contribution < -0.4 is 4.74 Å². The first-order valence-electron chi connectivity index (χ1n) is 9.02. The number of rotatable bonds is 7. The highest BCUT2D eigenvalue weighted by Crippen LogP contribution is 2.30. The Kier molecular flexibility index (Phi) is 5.74. The van der Waals surface area contributed by atoms with Crippen molar-refractivity contribution in [2.24, 2.45) is 0 Å². The van der Waals surface area contributed by atoms with E-state index in [2.05, 4.69) is 16.5 Å². The van der Waals surface area contributed by atoms with Crippen LogP contribution in [0.3, 0.4) is 0 Å². The van der Waals surface area contributed by atoms with Crippen LogP contribution in [0, 0.1) is 6.92 Å². The second kappa shape index (κ2) is 8.06. The van der Waals surface area contributed by atoms with Crippen molar-refractivity contribution in [1.82, 2.24) is 20.0 Å². The number of alkyl halides is 2. The van der Waals surface area contributed by atoms with Gasteiger partial charge in [-0.05, 0) is 37.3 Å². The van der Waals surface area contributed by atoms with Gasteiger partial charge in [-0.2, -0.15) is 0 Å². The number of aryl methyl sites for hydroxylation is 1. The standard InChI is InChI=1S/C21H24F2N4O/c1-5-17-19(9-8-15(2)25-17)28-13-16-7-6-11-24-20(16)18-10-12-26(4)27(18)14-21(3,22)23/h5-11H,1,12-14H2,2-4H3. The lowest BCUT2D eigenvalue weighted by Crippen LogP contribution is -2.41. The molecule has 28 heavy (non-hydrogen) atoms. The van der Waals surface area contributed by atoms with Gasteiger partial charge in [-0.15, -0.1) is 0 Å². The summed E-state index contributed by atoms with van der Waals surface area (Å²) in [7, 11) is 1.78. The van der Waals surface area contributed by atoms with E-state index in [1.807, 2.05) is 37.3 Å². The van der Waals surface area contributed by atoms with E-state index in [0.717, 1.165) is 18.2 Å². The lowest BCUT2D eigenvalue weighted by molar-refractivity contribution is -0.0469. The average Bonchev–Trinajstić information content (AvgIpc) is 2.99. The molecule has 148 valence electrons. The highest BCUT2D eigenvalue weighted by atomic mass is 19.3. The Balaban J connectivity index is 1.85. The van der Waals surface area contributed by atoms with Crippen LogP contribution in [0.4, 0.5) is 8.78 Å². The fourth-order valence-corrected chi connectivity index (χ4v) is 3.07. The van der Waals surface area contributed by atoms with Crippen molar-refractivity contribution >= 4 is 11.8 Å². The van der Waals surface area contributed by atoms with E-state index in [9.17, 15) is 8.78 Å². The third-order valence-corrected chi connectivity index (χ3v) is 4.40. The minimum absolute atomic E-state index is 0.242. The zero-order valence-electron chi connectivity index (χ0n) is 16.3. The zero-order valence-corrected chi connectivity index (χ0v) is 16.3. The molecule has 5 nitrogen and oxygen atoms in total. The summed E-state index contributed by atoms with van der Waals surface area (Å²) in [5, 5.41) is 3.32. The summed E-state index contributed by atoms with van der Waals surface area (Å²) in [4.78, 5) is 8.84. The fraction of sp³-hybridized carbons (Fsp3) is 0.333. The molecule has 7 heteroatoms. The first kappa shape index (κ1) is 19.9. The summed E-state index contributed by atoms with van der Waals surface area (Å²) in [6.07, 6.45) is 5.20.